The molecule has 0 aliphatic heterocycles. The first-order chi connectivity index (χ1) is 16.6. The van der Waals surface area contributed by atoms with Gasteiger partial charge in [0.15, 0.2) is 5.76 Å². The molecule has 0 saturated carbocycles. The summed E-state index contributed by atoms with van der Waals surface area (Å²) in [5.41, 5.74) is 2.20. The predicted molar refractivity (Wildman–Crippen MR) is 125 cm³/mol. The van der Waals surface area contributed by atoms with Gasteiger partial charge in [0, 0.05) is 22.2 Å². The van der Waals surface area contributed by atoms with Crippen LogP contribution in [0.25, 0.3) is 22.4 Å². The van der Waals surface area contributed by atoms with Gasteiger partial charge in [-0.15, -0.1) is 5.10 Å². The third kappa shape index (κ3) is 4.35. The first kappa shape index (κ1) is 21.0. The van der Waals surface area contributed by atoms with Crippen LogP contribution in [0.3, 0.4) is 0 Å². The van der Waals surface area contributed by atoms with Gasteiger partial charge in [-0.25, -0.2) is 0 Å². The van der Waals surface area contributed by atoms with E-state index in [1.165, 1.54) is 0 Å². The van der Waals surface area contributed by atoms with Gasteiger partial charge in [-0.05, 0) is 60.7 Å². The van der Waals surface area contributed by atoms with E-state index >= 15 is 0 Å². The van der Waals surface area contributed by atoms with E-state index in [4.69, 9.17) is 13.6 Å². The molecule has 0 saturated heterocycles. The summed E-state index contributed by atoms with van der Waals surface area (Å²) in [6.45, 7) is 0. The Hall–Kier alpha value is -4.92. The Balaban J connectivity index is 1.22. The van der Waals surface area contributed by atoms with E-state index in [-0.39, 0.29) is 23.6 Å². The van der Waals surface area contributed by atoms with Crippen molar-refractivity contribution in [1.29, 1.82) is 0 Å². The van der Waals surface area contributed by atoms with Crippen LogP contribution < -0.4 is 15.4 Å². The van der Waals surface area contributed by atoms with Gasteiger partial charge in [0.2, 0.25) is 5.89 Å². The van der Waals surface area contributed by atoms with Crippen molar-refractivity contribution in [3.05, 3.63) is 90.2 Å². The molecule has 168 valence electrons. The van der Waals surface area contributed by atoms with Crippen LogP contribution >= 0.6 is 0 Å². The number of furan rings is 1. The summed E-state index contributed by atoms with van der Waals surface area (Å²) in [6, 6.07) is 22.5. The molecule has 34 heavy (non-hydrogen) atoms. The number of methoxy groups -OCH3 is 1. The molecular formula is C25H18N4O5. The van der Waals surface area contributed by atoms with E-state index in [2.05, 4.69) is 20.8 Å². The Kier molecular flexibility index (Phi) is 5.49. The van der Waals surface area contributed by atoms with E-state index in [0.29, 0.717) is 28.1 Å². The second-order valence-electron chi connectivity index (χ2n) is 7.27. The van der Waals surface area contributed by atoms with Crippen LogP contribution in [0, 0.1) is 0 Å². The van der Waals surface area contributed by atoms with Gasteiger partial charge in [-0.3, -0.25) is 14.9 Å². The van der Waals surface area contributed by atoms with Crippen molar-refractivity contribution in [3.8, 4) is 17.2 Å². The highest BCUT2D eigenvalue weighted by molar-refractivity contribution is 6.06. The van der Waals surface area contributed by atoms with Gasteiger partial charge >= 0.3 is 6.01 Å². The number of ether oxygens (including phenoxy) is 1. The molecule has 9 heteroatoms. The lowest BCUT2D eigenvalue weighted by Crippen LogP contribution is -2.13. The molecule has 2 amide bonds. The molecule has 0 unspecified atom stereocenters. The topological polar surface area (TPSA) is 119 Å². The number of amides is 2. The number of anilines is 2. The molecule has 2 aromatic heterocycles. The van der Waals surface area contributed by atoms with Gasteiger partial charge < -0.3 is 18.9 Å². The summed E-state index contributed by atoms with van der Waals surface area (Å²) < 4.78 is 16.2. The van der Waals surface area contributed by atoms with Crippen LogP contribution in [0.5, 0.6) is 5.75 Å². The third-order valence-corrected chi connectivity index (χ3v) is 5.04. The largest absolute Gasteiger partial charge is 0.497 e. The number of hydrogen-bond acceptors (Lipinski definition) is 7. The Labute approximate surface area is 193 Å². The highest BCUT2D eigenvalue weighted by Crippen LogP contribution is 2.23. The number of aromatic nitrogens is 2. The van der Waals surface area contributed by atoms with Crippen molar-refractivity contribution in [1.82, 2.24) is 10.2 Å². The minimum Gasteiger partial charge on any atom is -0.497 e. The molecule has 0 bridgehead atoms. The van der Waals surface area contributed by atoms with Crippen molar-refractivity contribution < 1.29 is 23.2 Å². The molecule has 2 N–H and O–H groups in total. The minimum absolute atomic E-state index is 0.0296. The third-order valence-electron chi connectivity index (χ3n) is 5.04. The van der Waals surface area contributed by atoms with Crippen LogP contribution in [-0.4, -0.2) is 29.1 Å². The maximum absolute atomic E-state index is 12.5. The van der Waals surface area contributed by atoms with Gasteiger partial charge in [-0.1, -0.05) is 23.3 Å². The van der Waals surface area contributed by atoms with E-state index < -0.39 is 5.91 Å². The highest BCUT2D eigenvalue weighted by atomic mass is 16.5. The average molecular weight is 454 g/mol. The molecule has 2 heterocycles. The molecule has 3 aromatic carbocycles. The zero-order valence-electron chi connectivity index (χ0n) is 17.9. The number of fused-ring (bicyclic) bond motifs is 1. The summed E-state index contributed by atoms with van der Waals surface area (Å²) in [6.07, 6.45) is 0. The van der Waals surface area contributed by atoms with Crippen molar-refractivity contribution in [2.75, 3.05) is 17.7 Å². The van der Waals surface area contributed by atoms with Gasteiger partial charge in [0.05, 0.1) is 7.11 Å². The molecule has 5 aromatic rings. The summed E-state index contributed by atoms with van der Waals surface area (Å²) >= 11 is 0. The van der Waals surface area contributed by atoms with Gasteiger partial charge in [0.1, 0.15) is 11.3 Å². The number of carbonyl (C=O) groups is 2. The van der Waals surface area contributed by atoms with Crippen molar-refractivity contribution in [3.63, 3.8) is 0 Å². The maximum atomic E-state index is 12.5. The molecule has 0 aliphatic carbocycles. The van der Waals surface area contributed by atoms with Crippen LogP contribution in [0.4, 0.5) is 11.7 Å². The molecular weight excluding hydrogens is 436 g/mol. The first-order valence-electron chi connectivity index (χ1n) is 10.3. The number of hydrogen-bond donors (Lipinski definition) is 2. The van der Waals surface area contributed by atoms with E-state index in [1.54, 1.807) is 67.8 Å². The fourth-order valence-corrected chi connectivity index (χ4v) is 3.28. The lowest BCUT2D eigenvalue weighted by Gasteiger charge is -2.05. The van der Waals surface area contributed by atoms with E-state index in [0.717, 1.165) is 5.39 Å². The van der Waals surface area contributed by atoms with Crippen LogP contribution in [0.2, 0.25) is 0 Å². The van der Waals surface area contributed by atoms with Crippen LogP contribution in [0.15, 0.2) is 87.7 Å². The second kappa shape index (κ2) is 8.91. The SMILES string of the molecule is COc1ccc(-c2nnc(NC(=O)c3ccc(NC(=O)c4cc5ccccc5o4)cc3)o2)cc1. The standard InChI is InChI=1S/C25H18N4O5/c1-32-19-12-8-16(9-13-19)24-28-29-25(34-24)27-22(30)15-6-10-18(11-7-15)26-23(31)21-14-17-4-2-3-5-20(17)33-21/h2-14H,1H3,(H,26,31)(H,27,29,30). The van der Waals surface area contributed by atoms with Crippen LogP contribution in [-0.2, 0) is 0 Å². The van der Waals surface area contributed by atoms with Crippen LogP contribution in [0.1, 0.15) is 20.9 Å². The van der Waals surface area contributed by atoms with Gasteiger partial charge in [-0.2, -0.15) is 0 Å². The normalized spacial score (nSPS) is 10.7. The summed E-state index contributed by atoms with van der Waals surface area (Å²) in [4.78, 5) is 25.0. The van der Waals surface area contributed by atoms with Crippen molar-refractivity contribution in [2.24, 2.45) is 0 Å². The van der Waals surface area contributed by atoms with Crippen molar-refractivity contribution in [2.45, 2.75) is 0 Å². The zero-order valence-corrected chi connectivity index (χ0v) is 17.9. The van der Waals surface area contributed by atoms with Crippen molar-refractivity contribution >= 4 is 34.5 Å². The summed E-state index contributed by atoms with van der Waals surface area (Å²) in [5.74, 6) is 0.355. The Bertz CT molecular complexity index is 1440. The lowest BCUT2D eigenvalue weighted by atomic mass is 10.2. The number of carbonyl (C=O) groups excluding carboxylic acids is 2. The van der Waals surface area contributed by atoms with E-state index in [9.17, 15) is 9.59 Å². The number of nitrogens with zero attached hydrogens (tertiary/aromatic N) is 2. The highest BCUT2D eigenvalue weighted by Gasteiger charge is 2.15. The molecule has 9 nitrogen and oxygen atoms in total. The number of rotatable bonds is 6. The number of nitrogens with one attached hydrogen (secondary N) is 2. The maximum Gasteiger partial charge on any atom is 0.322 e. The monoisotopic (exact) mass is 454 g/mol. The number of para-hydroxylation sites is 1. The lowest BCUT2D eigenvalue weighted by molar-refractivity contribution is 0.0996. The average Bonchev–Trinajstić information content (AvgIpc) is 3.52. The molecule has 0 radical (unpaired) electrons. The van der Waals surface area contributed by atoms with Gasteiger partial charge in [0.25, 0.3) is 11.8 Å². The molecule has 0 fully saturated rings. The fourth-order valence-electron chi connectivity index (χ4n) is 3.28. The number of benzene rings is 3. The molecule has 5 rings (SSSR count). The fraction of sp³-hybridized carbons (Fsp3) is 0.0400. The first-order valence-corrected chi connectivity index (χ1v) is 10.3. The predicted octanol–water partition coefficient (Wildman–Crippen LogP) is 5.00. The smallest absolute Gasteiger partial charge is 0.322 e. The second-order valence-corrected chi connectivity index (χ2v) is 7.27. The Morgan fingerprint density at radius 2 is 1.59 bits per heavy atom. The molecule has 0 atom stereocenters. The van der Waals surface area contributed by atoms with E-state index in [1.807, 2.05) is 18.2 Å². The molecule has 0 aliphatic rings. The quantitative estimate of drug-likeness (QED) is 0.371. The Morgan fingerprint density at radius 3 is 2.32 bits per heavy atom. The summed E-state index contributed by atoms with van der Waals surface area (Å²) in [7, 11) is 1.58. The Morgan fingerprint density at radius 1 is 0.824 bits per heavy atom. The molecule has 0 spiro atoms. The zero-order chi connectivity index (χ0) is 23.5. The summed E-state index contributed by atoms with van der Waals surface area (Å²) in [5, 5.41) is 14.0. The minimum atomic E-state index is -0.430.